The van der Waals surface area contributed by atoms with Crippen LogP contribution in [0.15, 0.2) is 79.1 Å². The number of methoxy groups -OCH3 is 2. The molecule has 0 bridgehead atoms. The van der Waals surface area contributed by atoms with E-state index in [4.69, 9.17) is 9.47 Å². The number of nitrogens with zero attached hydrogens (tertiary/aromatic N) is 4. The van der Waals surface area contributed by atoms with Crippen LogP contribution >= 0.6 is 0 Å². The Morgan fingerprint density at radius 2 is 1.65 bits per heavy atom. The lowest BCUT2D eigenvalue weighted by Crippen LogP contribution is -2.42. The fraction of sp³-hybridized carbons (Fsp3) is 0.222. The number of fused-ring (bicyclic) bond motifs is 1. The quantitative estimate of drug-likeness (QED) is 0.425. The van der Waals surface area contributed by atoms with Crippen LogP contribution in [0.5, 0.6) is 11.5 Å². The predicted molar refractivity (Wildman–Crippen MR) is 129 cm³/mol. The normalized spacial score (nSPS) is 17.2. The van der Waals surface area contributed by atoms with Gasteiger partial charge in [0.05, 0.1) is 26.3 Å². The minimum absolute atomic E-state index is 0.117. The van der Waals surface area contributed by atoms with Crippen LogP contribution in [0.2, 0.25) is 0 Å². The first-order valence-corrected chi connectivity index (χ1v) is 11.2. The standard InChI is InChI=1S/C27H26N4O3/c1-18-8-10-20(11-9-18)26(32)30-23(19-12-14-21(33-2)15-13-19)16-24(31-27(30)28-17-29-31)22-6-4-5-7-25(22)34-3/h4-15,17,23-24H,16H2,1-3H3/t23-,24-/m1/s1. The molecule has 0 spiro atoms. The van der Waals surface area contributed by atoms with E-state index in [2.05, 4.69) is 10.1 Å². The van der Waals surface area contributed by atoms with Crippen molar-refractivity contribution in [3.05, 3.63) is 101 Å². The average Bonchev–Trinajstić information content (AvgIpc) is 3.38. The number of ether oxygens (including phenoxy) is 2. The molecule has 34 heavy (non-hydrogen) atoms. The molecule has 0 unspecified atom stereocenters. The number of anilines is 1. The first-order valence-electron chi connectivity index (χ1n) is 11.2. The van der Waals surface area contributed by atoms with Crippen molar-refractivity contribution in [2.75, 3.05) is 19.1 Å². The molecule has 7 heteroatoms. The lowest BCUT2D eigenvalue weighted by molar-refractivity contribution is 0.0963. The summed E-state index contributed by atoms with van der Waals surface area (Å²) in [4.78, 5) is 20.1. The van der Waals surface area contributed by atoms with Gasteiger partial charge in [0, 0.05) is 11.1 Å². The van der Waals surface area contributed by atoms with Gasteiger partial charge in [0.1, 0.15) is 17.8 Å². The van der Waals surface area contributed by atoms with E-state index in [1.807, 2.05) is 84.4 Å². The summed E-state index contributed by atoms with van der Waals surface area (Å²) in [6.45, 7) is 2.00. The summed E-state index contributed by atoms with van der Waals surface area (Å²) in [6, 6.07) is 23.0. The van der Waals surface area contributed by atoms with Crippen LogP contribution in [0.1, 0.15) is 45.6 Å². The van der Waals surface area contributed by atoms with Gasteiger partial charge >= 0.3 is 0 Å². The highest BCUT2D eigenvalue weighted by Crippen LogP contribution is 2.44. The van der Waals surface area contributed by atoms with Crippen molar-refractivity contribution in [3.63, 3.8) is 0 Å². The van der Waals surface area contributed by atoms with E-state index in [1.165, 1.54) is 6.33 Å². The maximum atomic E-state index is 13.8. The summed E-state index contributed by atoms with van der Waals surface area (Å²) in [7, 11) is 3.31. The molecule has 0 radical (unpaired) electrons. The zero-order chi connectivity index (χ0) is 23.7. The van der Waals surface area contributed by atoms with Gasteiger partial charge in [-0.05, 0) is 49.2 Å². The van der Waals surface area contributed by atoms with E-state index in [0.29, 0.717) is 17.9 Å². The van der Waals surface area contributed by atoms with Crippen LogP contribution in [0.25, 0.3) is 0 Å². The molecule has 3 aromatic carbocycles. The second-order valence-corrected chi connectivity index (χ2v) is 8.33. The number of hydrogen-bond acceptors (Lipinski definition) is 5. The highest BCUT2D eigenvalue weighted by Gasteiger charge is 2.40. The minimum atomic E-state index is -0.258. The van der Waals surface area contributed by atoms with E-state index in [1.54, 1.807) is 19.1 Å². The van der Waals surface area contributed by atoms with Crippen molar-refractivity contribution >= 4 is 11.9 Å². The molecule has 2 heterocycles. The molecule has 1 aliphatic heterocycles. The Balaban J connectivity index is 1.65. The van der Waals surface area contributed by atoms with Crippen molar-refractivity contribution < 1.29 is 14.3 Å². The van der Waals surface area contributed by atoms with E-state index in [-0.39, 0.29) is 18.0 Å². The molecule has 1 aromatic heterocycles. The van der Waals surface area contributed by atoms with E-state index in [0.717, 1.165) is 28.2 Å². The molecule has 2 atom stereocenters. The first-order chi connectivity index (χ1) is 16.6. The molecular weight excluding hydrogens is 428 g/mol. The molecule has 0 saturated heterocycles. The molecule has 0 fully saturated rings. The summed E-state index contributed by atoms with van der Waals surface area (Å²) in [5.41, 5.74) is 3.70. The van der Waals surface area contributed by atoms with Gasteiger partial charge in [0.15, 0.2) is 0 Å². The molecule has 0 aliphatic carbocycles. The minimum Gasteiger partial charge on any atom is -0.497 e. The van der Waals surface area contributed by atoms with Gasteiger partial charge in [-0.25, -0.2) is 4.68 Å². The first kappa shape index (κ1) is 21.7. The Hall–Kier alpha value is -4.13. The predicted octanol–water partition coefficient (Wildman–Crippen LogP) is 4.98. The lowest BCUT2D eigenvalue weighted by atomic mass is 9.91. The van der Waals surface area contributed by atoms with Gasteiger partial charge in [-0.15, -0.1) is 0 Å². The number of benzene rings is 3. The third-order valence-corrected chi connectivity index (χ3v) is 6.34. The maximum Gasteiger partial charge on any atom is 0.261 e. The Labute approximate surface area is 198 Å². The zero-order valence-electron chi connectivity index (χ0n) is 19.4. The molecule has 4 aromatic rings. The van der Waals surface area contributed by atoms with Crippen molar-refractivity contribution in [1.29, 1.82) is 0 Å². The Kier molecular flexibility index (Phi) is 5.76. The van der Waals surface area contributed by atoms with Crippen LogP contribution in [0, 0.1) is 6.92 Å². The monoisotopic (exact) mass is 454 g/mol. The van der Waals surface area contributed by atoms with Gasteiger partial charge in [-0.1, -0.05) is 48.0 Å². The molecule has 7 nitrogen and oxygen atoms in total. The second-order valence-electron chi connectivity index (χ2n) is 8.33. The number of aryl methyl sites for hydroxylation is 1. The maximum absolute atomic E-state index is 13.8. The third-order valence-electron chi connectivity index (χ3n) is 6.34. The smallest absolute Gasteiger partial charge is 0.261 e. The second kappa shape index (κ2) is 9.02. The number of hydrogen-bond donors (Lipinski definition) is 0. The summed E-state index contributed by atoms with van der Waals surface area (Å²) < 4.78 is 12.8. The molecule has 172 valence electrons. The number of para-hydroxylation sites is 1. The fourth-order valence-electron chi connectivity index (χ4n) is 4.57. The summed E-state index contributed by atoms with van der Waals surface area (Å²) in [5.74, 6) is 1.93. The molecule has 0 N–H and O–H groups in total. The molecule has 1 aliphatic rings. The van der Waals surface area contributed by atoms with E-state index >= 15 is 0 Å². The summed E-state index contributed by atoms with van der Waals surface area (Å²) in [6.07, 6.45) is 2.12. The number of carbonyl (C=O) groups excluding carboxylic acids is 1. The zero-order valence-corrected chi connectivity index (χ0v) is 19.4. The topological polar surface area (TPSA) is 69.5 Å². The third kappa shape index (κ3) is 3.79. The number of amides is 1. The van der Waals surface area contributed by atoms with Gasteiger partial charge in [-0.2, -0.15) is 10.1 Å². The van der Waals surface area contributed by atoms with Crippen LogP contribution in [-0.4, -0.2) is 34.9 Å². The molecular formula is C27H26N4O3. The van der Waals surface area contributed by atoms with Crippen LogP contribution in [0.3, 0.4) is 0 Å². The van der Waals surface area contributed by atoms with Crippen LogP contribution in [-0.2, 0) is 0 Å². The van der Waals surface area contributed by atoms with Crippen molar-refractivity contribution in [1.82, 2.24) is 14.8 Å². The molecule has 5 rings (SSSR count). The van der Waals surface area contributed by atoms with Crippen molar-refractivity contribution in [2.45, 2.75) is 25.4 Å². The van der Waals surface area contributed by atoms with Gasteiger partial charge in [0.2, 0.25) is 5.95 Å². The van der Waals surface area contributed by atoms with Crippen molar-refractivity contribution in [3.8, 4) is 11.5 Å². The Morgan fingerprint density at radius 3 is 2.35 bits per heavy atom. The van der Waals surface area contributed by atoms with Crippen LogP contribution in [0.4, 0.5) is 5.95 Å². The largest absolute Gasteiger partial charge is 0.497 e. The SMILES string of the molecule is COc1ccc([C@H]2C[C@H](c3ccccc3OC)n3ncnc3N2C(=O)c2ccc(C)cc2)cc1. The number of rotatable bonds is 5. The number of aromatic nitrogens is 3. The van der Waals surface area contributed by atoms with Gasteiger partial charge in [0.25, 0.3) is 5.91 Å². The lowest BCUT2D eigenvalue weighted by Gasteiger charge is -2.39. The Bertz CT molecular complexity index is 1300. The van der Waals surface area contributed by atoms with Gasteiger partial charge < -0.3 is 9.47 Å². The highest BCUT2D eigenvalue weighted by molar-refractivity contribution is 6.06. The summed E-state index contributed by atoms with van der Waals surface area (Å²) in [5, 5.41) is 4.52. The highest BCUT2D eigenvalue weighted by atomic mass is 16.5. The fourth-order valence-corrected chi connectivity index (χ4v) is 4.57. The van der Waals surface area contributed by atoms with E-state index < -0.39 is 0 Å². The van der Waals surface area contributed by atoms with Crippen LogP contribution < -0.4 is 14.4 Å². The van der Waals surface area contributed by atoms with Gasteiger partial charge in [-0.3, -0.25) is 9.69 Å². The summed E-state index contributed by atoms with van der Waals surface area (Å²) >= 11 is 0. The molecule has 1 amide bonds. The number of carbonyl (C=O) groups is 1. The Morgan fingerprint density at radius 1 is 0.912 bits per heavy atom. The van der Waals surface area contributed by atoms with Crippen molar-refractivity contribution in [2.24, 2.45) is 0 Å². The average molecular weight is 455 g/mol. The molecule has 0 saturated carbocycles. The van der Waals surface area contributed by atoms with E-state index in [9.17, 15) is 4.79 Å².